The van der Waals surface area contributed by atoms with E-state index < -0.39 is 37.7 Å². The molecule has 3 amide bonds. The molecule has 0 radical (unpaired) electrons. The van der Waals surface area contributed by atoms with Gasteiger partial charge >= 0.3 is 6.09 Å². The Morgan fingerprint density at radius 2 is 1.93 bits per heavy atom. The summed E-state index contributed by atoms with van der Waals surface area (Å²) in [5, 5.41) is 9.83. The lowest BCUT2D eigenvalue weighted by Gasteiger charge is -2.31. The predicted octanol–water partition coefficient (Wildman–Crippen LogP) is 5.83. The molecule has 1 N–H and O–H groups in total. The number of ether oxygens (including phenoxy) is 2. The molecule has 0 aromatic heterocycles. The number of benzene rings is 1. The van der Waals surface area contributed by atoms with Crippen molar-refractivity contribution >= 4 is 37.7 Å². The summed E-state index contributed by atoms with van der Waals surface area (Å²) in [5.41, 5.74) is 2.13. The molecule has 11 heteroatoms. The monoisotopic (exact) mass is 641 g/mol. The van der Waals surface area contributed by atoms with Crippen molar-refractivity contribution in [3.05, 3.63) is 47.1 Å². The van der Waals surface area contributed by atoms with E-state index in [1.807, 2.05) is 25.1 Å². The van der Waals surface area contributed by atoms with Crippen molar-refractivity contribution in [3.8, 4) is 0 Å². The number of allylic oxidation sites excluding steroid dienone is 3. The summed E-state index contributed by atoms with van der Waals surface area (Å²) in [6.07, 6.45) is 6.24. The van der Waals surface area contributed by atoms with E-state index in [4.69, 9.17) is 9.47 Å². The van der Waals surface area contributed by atoms with Gasteiger partial charge in [0.15, 0.2) is 5.60 Å². The van der Waals surface area contributed by atoms with E-state index in [0.29, 0.717) is 36.6 Å². The quantitative estimate of drug-likeness (QED) is 0.196. The second-order valence-electron chi connectivity index (χ2n) is 13.8. The lowest BCUT2D eigenvalue weighted by Crippen LogP contribution is -2.45. The highest BCUT2D eigenvalue weighted by molar-refractivity contribution is 6.72. The zero-order valence-electron chi connectivity index (χ0n) is 27.5. The Kier molecular flexibility index (Phi) is 9.63. The molecule has 5 rings (SSSR count). The maximum absolute atomic E-state index is 16.3. The summed E-state index contributed by atoms with van der Waals surface area (Å²) >= 11 is 0. The van der Waals surface area contributed by atoms with Gasteiger partial charge in [0.05, 0.1) is 37.4 Å². The van der Waals surface area contributed by atoms with Gasteiger partial charge in [-0.25, -0.2) is 4.79 Å². The molecule has 1 spiro atoms. The van der Waals surface area contributed by atoms with Crippen LogP contribution >= 0.6 is 0 Å². The number of aliphatic hydroxyl groups is 1. The highest BCUT2D eigenvalue weighted by Crippen LogP contribution is 2.60. The minimum Gasteiger partial charge on any atom is -0.447 e. The van der Waals surface area contributed by atoms with Crippen molar-refractivity contribution in [1.82, 2.24) is 4.90 Å². The first-order valence-electron chi connectivity index (χ1n) is 16.3. The smallest absolute Gasteiger partial charge is 0.414 e. The highest BCUT2D eigenvalue weighted by atomic mass is 28.4. The van der Waals surface area contributed by atoms with E-state index in [2.05, 4.69) is 32.9 Å². The van der Waals surface area contributed by atoms with Crippen LogP contribution in [0.4, 0.5) is 20.3 Å². The molecule has 0 aliphatic carbocycles. The number of nitrogens with zero attached hydrogens (tertiary/aromatic N) is 3. The van der Waals surface area contributed by atoms with Crippen LogP contribution in [0.1, 0.15) is 65.4 Å². The average molecular weight is 642 g/mol. The number of rotatable bonds is 10. The van der Waals surface area contributed by atoms with Crippen molar-refractivity contribution in [2.45, 2.75) is 96.2 Å². The van der Waals surface area contributed by atoms with Crippen LogP contribution in [0.25, 0.3) is 0 Å². The number of aliphatic hydroxyl groups excluding tert-OH is 1. The normalized spacial score (nSPS) is 28.4. The zero-order valence-corrected chi connectivity index (χ0v) is 28.5. The van der Waals surface area contributed by atoms with Gasteiger partial charge in [-0.2, -0.15) is 0 Å². The summed E-state index contributed by atoms with van der Waals surface area (Å²) in [6, 6.07) is 5.22. The number of carbonyl (C=O) groups excluding carboxylic acids is 3. The minimum absolute atomic E-state index is 0.0578. The van der Waals surface area contributed by atoms with Gasteiger partial charge in [0.1, 0.15) is 6.61 Å². The number of carbonyl (C=O) groups is 3. The molecule has 4 aliphatic rings. The molecule has 9 nitrogen and oxygen atoms in total. The summed E-state index contributed by atoms with van der Waals surface area (Å²) in [4.78, 5) is 45.7. The lowest BCUT2D eigenvalue weighted by molar-refractivity contribution is -0.149. The van der Waals surface area contributed by atoms with E-state index >= 15 is 4.11 Å². The first kappa shape index (κ1) is 33.3. The van der Waals surface area contributed by atoms with Crippen molar-refractivity contribution < 1.29 is 33.1 Å². The molecule has 4 aliphatic heterocycles. The van der Waals surface area contributed by atoms with Gasteiger partial charge in [-0.05, 0) is 77.7 Å². The minimum atomic E-state index is -3.48. The first-order valence-corrected chi connectivity index (χ1v) is 19.2. The van der Waals surface area contributed by atoms with Gasteiger partial charge in [0, 0.05) is 35.8 Å². The Hall–Kier alpha value is -3.02. The molecule has 4 heterocycles. The fourth-order valence-corrected chi connectivity index (χ4v) is 10.3. The van der Waals surface area contributed by atoms with Crippen molar-refractivity contribution in [3.63, 3.8) is 0 Å². The number of amides is 3. The SMILES string of the molecule is CC(C)=CCC/C(C)=C/CN1C(=O)[C@@]2(O[C@@H](CC(=O)N3CCC[C@H]3CO)[C@H]([Si](C)(C)F)[C@H]2C)c2cc(N3CCOC3=O)ccc21. The van der Waals surface area contributed by atoms with Crippen LogP contribution in [-0.4, -0.2) is 81.3 Å². The van der Waals surface area contributed by atoms with Crippen molar-refractivity contribution in [2.75, 3.05) is 42.6 Å². The van der Waals surface area contributed by atoms with Crippen LogP contribution in [0.15, 0.2) is 41.5 Å². The van der Waals surface area contributed by atoms with Crippen LogP contribution in [0.3, 0.4) is 0 Å². The molecular weight excluding hydrogens is 593 g/mol. The van der Waals surface area contributed by atoms with Gasteiger partial charge in [-0.15, -0.1) is 0 Å². The van der Waals surface area contributed by atoms with Gasteiger partial charge in [0.25, 0.3) is 5.91 Å². The molecule has 0 saturated carbocycles. The number of fused-ring (bicyclic) bond motifs is 2. The van der Waals surface area contributed by atoms with Crippen LogP contribution in [0.5, 0.6) is 0 Å². The number of likely N-dealkylation sites (tertiary alicyclic amines) is 1. The third-order valence-corrected chi connectivity index (χ3v) is 12.5. The maximum Gasteiger partial charge on any atom is 0.414 e. The third-order valence-electron chi connectivity index (χ3n) is 10.0. The van der Waals surface area contributed by atoms with E-state index in [1.54, 1.807) is 22.9 Å². The Labute approximate surface area is 267 Å². The molecule has 1 aromatic carbocycles. The first-order chi connectivity index (χ1) is 21.3. The third kappa shape index (κ3) is 6.23. The average Bonchev–Trinajstić information content (AvgIpc) is 3.73. The molecule has 246 valence electrons. The Balaban J connectivity index is 1.53. The van der Waals surface area contributed by atoms with Gasteiger partial charge in [0.2, 0.25) is 14.3 Å². The number of hydrogen-bond donors (Lipinski definition) is 1. The molecule has 1 aromatic rings. The largest absolute Gasteiger partial charge is 0.447 e. The van der Waals surface area contributed by atoms with E-state index in [9.17, 15) is 19.5 Å². The lowest BCUT2D eigenvalue weighted by atomic mass is 9.82. The van der Waals surface area contributed by atoms with E-state index in [1.165, 1.54) is 10.5 Å². The van der Waals surface area contributed by atoms with Gasteiger partial charge in [-0.3, -0.25) is 14.5 Å². The highest BCUT2D eigenvalue weighted by Gasteiger charge is 2.67. The summed E-state index contributed by atoms with van der Waals surface area (Å²) < 4.78 is 28.3. The van der Waals surface area contributed by atoms with Gasteiger partial charge < -0.3 is 28.5 Å². The van der Waals surface area contributed by atoms with Crippen LogP contribution in [0, 0.1) is 5.92 Å². The molecule has 3 saturated heterocycles. The molecule has 0 unspecified atom stereocenters. The van der Waals surface area contributed by atoms with E-state index in [0.717, 1.165) is 31.3 Å². The zero-order chi connectivity index (χ0) is 32.7. The molecule has 3 fully saturated rings. The van der Waals surface area contributed by atoms with Crippen LogP contribution in [0.2, 0.25) is 18.6 Å². The predicted molar refractivity (Wildman–Crippen MR) is 174 cm³/mol. The Morgan fingerprint density at radius 1 is 1.18 bits per heavy atom. The molecule has 45 heavy (non-hydrogen) atoms. The fraction of sp³-hybridized carbons (Fsp3) is 0.618. The number of halogens is 1. The Bertz CT molecular complexity index is 1390. The number of anilines is 2. The molecular formula is C34H48FN3O6Si. The van der Waals surface area contributed by atoms with Crippen molar-refractivity contribution in [1.29, 1.82) is 0 Å². The van der Waals surface area contributed by atoms with Gasteiger partial charge in [-0.1, -0.05) is 30.2 Å². The number of cyclic esters (lactones) is 1. The molecule has 0 bridgehead atoms. The standard InChI is InChI=1S/C34H48FN3O6Si/c1-22(2)9-7-10-23(3)14-16-38-28-13-12-25(37-17-18-43-33(37)42)19-27(28)34(32(38)41)24(4)31(45(5,6)35)29(44-34)20-30(40)36-15-8-11-26(36)21-39/h9,12-14,19,24,26,29,31,39H,7-8,10-11,15-18,20-21H2,1-6H3/b23-14+/t24-,26+,29+,31-,34+/m1/s1. The van der Waals surface area contributed by atoms with Crippen LogP contribution < -0.4 is 9.80 Å². The molecule has 5 atom stereocenters. The maximum atomic E-state index is 16.3. The second kappa shape index (κ2) is 13.0. The topological polar surface area (TPSA) is 99.6 Å². The van der Waals surface area contributed by atoms with Crippen molar-refractivity contribution in [2.24, 2.45) is 5.92 Å². The summed E-state index contributed by atoms with van der Waals surface area (Å²) in [5.74, 6) is -1.02. The second-order valence-corrected chi connectivity index (χ2v) is 17.6. The number of hydrogen-bond acceptors (Lipinski definition) is 6. The fourth-order valence-electron chi connectivity index (χ4n) is 7.79. The summed E-state index contributed by atoms with van der Waals surface area (Å²) in [7, 11) is -3.48. The summed E-state index contributed by atoms with van der Waals surface area (Å²) in [6.45, 7) is 12.7. The van der Waals surface area contributed by atoms with Crippen LogP contribution in [-0.2, 0) is 24.7 Å². The van der Waals surface area contributed by atoms with E-state index in [-0.39, 0.29) is 37.5 Å². The Morgan fingerprint density at radius 3 is 2.58 bits per heavy atom.